The molecule has 0 aliphatic rings. The number of hydrogen-bond acceptors (Lipinski definition) is 5. The number of carbonyl (C=O) groups is 1. The Morgan fingerprint density at radius 2 is 1.66 bits per heavy atom. The maximum absolute atomic E-state index is 12.4. The molecule has 2 N–H and O–H groups in total. The maximum atomic E-state index is 12.4. The van der Waals surface area contributed by atoms with Crippen LogP contribution in [0.25, 0.3) is 0 Å². The van der Waals surface area contributed by atoms with Gasteiger partial charge >= 0.3 is 0 Å². The molecule has 7 heteroatoms. The molecular formula is C22H21N3O4. The lowest BCUT2D eigenvalue weighted by molar-refractivity contribution is -0.383. The molecule has 3 aromatic rings. The summed E-state index contributed by atoms with van der Waals surface area (Å²) in [6.07, 6.45) is 0. The summed E-state index contributed by atoms with van der Waals surface area (Å²) in [5.74, 6) is 0.347. The Balaban J connectivity index is 1.55. The van der Waals surface area contributed by atoms with E-state index in [4.69, 9.17) is 4.74 Å². The van der Waals surface area contributed by atoms with E-state index < -0.39 is 11.0 Å². The minimum Gasteiger partial charge on any atom is -0.489 e. The molecule has 0 fully saturated rings. The van der Waals surface area contributed by atoms with Crippen LogP contribution in [0.1, 0.15) is 12.5 Å². The normalized spacial score (nSPS) is 11.3. The lowest BCUT2D eigenvalue weighted by Gasteiger charge is -2.16. The average Bonchev–Trinajstić information content (AvgIpc) is 2.74. The molecule has 1 amide bonds. The van der Waals surface area contributed by atoms with Gasteiger partial charge in [0, 0.05) is 11.8 Å². The first-order chi connectivity index (χ1) is 14.0. The number of anilines is 2. The molecule has 0 saturated carbocycles. The summed E-state index contributed by atoms with van der Waals surface area (Å²) < 4.78 is 5.74. The summed E-state index contributed by atoms with van der Waals surface area (Å²) in [6, 6.07) is 22.6. The number of carbonyl (C=O) groups excluding carboxylic acids is 1. The van der Waals surface area contributed by atoms with Crippen LogP contribution in [0.15, 0.2) is 78.9 Å². The van der Waals surface area contributed by atoms with Crippen molar-refractivity contribution in [2.24, 2.45) is 0 Å². The van der Waals surface area contributed by atoms with Gasteiger partial charge in [0.15, 0.2) is 0 Å². The smallest absolute Gasteiger partial charge is 0.292 e. The monoisotopic (exact) mass is 391 g/mol. The fraction of sp³-hybridized carbons (Fsp3) is 0.136. The van der Waals surface area contributed by atoms with Crippen molar-refractivity contribution in [1.29, 1.82) is 0 Å². The summed E-state index contributed by atoms with van der Waals surface area (Å²) in [5, 5.41) is 16.7. The van der Waals surface area contributed by atoms with Crippen LogP contribution in [-0.2, 0) is 11.4 Å². The van der Waals surface area contributed by atoms with Gasteiger partial charge in [-0.2, -0.15) is 0 Å². The number of rotatable bonds is 8. The molecule has 0 spiro atoms. The molecule has 0 aliphatic heterocycles. The highest BCUT2D eigenvalue weighted by Gasteiger charge is 2.18. The van der Waals surface area contributed by atoms with E-state index in [9.17, 15) is 14.9 Å². The van der Waals surface area contributed by atoms with Gasteiger partial charge in [-0.1, -0.05) is 42.5 Å². The Morgan fingerprint density at radius 3 is 2.34 bits per heavy atom. The molecule has 0 heterocycles. The van der Waals surface area contributed by atoms with Crippen LogP contribution < -0.4 is 15.4 Å². The standard InChI is InChI=1S/C22H21N3O4/c1-16(22(26)24-20-9-5-6-10-21(20)25(27)28)23-18-11-13-19(14-12-18)29-15-17-7-3-2-4-8-17/h2-14,16,23H,15H2,1H3,(H,24,26)/t16-/m1/s1. The molecule has 0 aromatic heterocycles. The summed E-state index contributed by atoms with van der Waals surface area (Å²) in [6.45, 7) is 2.16. The minimum absolute atomic E-state index is 0.145. The third-order valence-electron chi connectivity index (χ3n) is 4.24. The van der Waals surface area contributed by atoms with Crippen LogP contribution in [0.3, 0.4) is 0 Å². The van der Waals surface area contributed by atoms with Gasteiger partial charge < -0.3 is 15.4 Å². The van der Waals surface area contributed by atoms with Gasteiger partial charge in [0.05, 0.1) is 4.92 Å². The largest absolute Gasteiger partial charge is 0.489 e. The quantitative estimate of drug-likeness (QED) is 0.432. The van der Waals surface area contributed by atoms with Crippen molar-refractivity contribution in [3.05, 3.63) is 94.5 Å². The van der Waals surface area contributed by atoms with Gasteiger partial charge in [-0.25, -0.2) is 0 Å². The molecule has 0 unspecified atom stereocenters. The van der Waals surface area contributed by atoms with E-state index >= 15 is 0 Å². The first-order valence-corrected chi connectivity index (χ1v) is 9.10. The molecule has 3 aromatic carbocycles. The Morgan fingerprint density at radius 1 is 1.00 bits per heavy atom. The molecule has 0 bridgehead atoms. The van der Waals surface area contributed by atoms with Gasteiger partial charge in [-0.15, -0.1) is 0 Å². The average molecular weight is 391 g/mol. The van der Waals surface area contributed by atoms with Crippen molar-refractivity contribution < 1.29 is 14.5 Å². The third-order valence-corrected chi connectivity index (χ3v) is 4.24. The highest BCUT2D eigenvalue weighted by molar-refractivity contribution is 5.97. The van der Waals surface area contributed by atoms with E-state index in [0.717, 1.165) is 17.0 Å². The second-order valence-corrected chi connectivity index (χ2v) is 6.43. The second kappa shape index (κ2) is 9.36. The molecule has 0 radical (unpaired) electrons. The third kappa shape index (κ3) is 5.55. The number of amides is 1. The highest BCUT2D eigenvalue weighted by Crippen LogP contribution is 2.24. The lowest BCUT2D eigenvalue weighted by atomic mass is 10.2. The van der Waals surface area contributed by atoms with Crippen LogP contribution in [0.5, 0.6) is 5.75 Å². The zero-order chi connectivity index (χ0) is 20.6. The number of ether oxygens (including phenoxy) is 1. The number of nitrogens with one attached hydrogen (secondary N) is 2. The first-order valence-electron chi connectivity index (χ1n) is 9.10. The van der Waals surface area contributed by atoms with Crippen LogP contribution in [0.2, 0.25) is 0 Å². The molecular weight excluding hydrogens is 370 g/mol. The van der Waals surface area contributed by atoms with E-state index in [0.29, 0.717) is 6.61 Å². The van der Waals surface area contributed by atoms with Gasteiger partial charge in [0.1, 0.15) is 24.1 Å². The number of hydrogen-bond donors (Lipinski definition) is 2. The first kappa shape index (κ1) is 19.9. The molecule has 7 nitrogen and oxygen atoms in total. The number of nitrogens with zero attached hydrogens (tertiary/aromatic N) is 1. The fourth-order valence-electron chi connectivity index (χ4n) is 2.68. The van der Waals surface area contributed by atoms with Crippen molar-refractivity contribution in [3.63, 3.8) is 0 Å². The predicted octanol–water partition coefficient (Wildman–Crippen LogP) is 4.61. The zero-order valence-corrected chi connectivity index (χ0v) is 15.9. The minimum atomic E-state index is -0.592. The summed E-state index contributed by atoms with van der Waals surface area (Å²) in [7, 11) is 0. The van der Waals surface area contributed by atoms with Gasteiger partial charge in [0.2, 0.25) is 5.91 Å². The van der Waals surface area contributed by atoms with Crippen LogP contribution >= 0.6 is 0 Å². The van der Waals surface area contributed by atoms with E-state index in [1.165, 1.54) is 12.1 Å². The van der Waals surface area contributed by atoms with Crippen molar-refractivity contribution in [2.75, 3.05) is 10.6 Å². The summed E-state index contributed by atoms with van der Waals surface area (Å²) in [4.78, 5) is 22.9. The Labute approximate surface area is 168 Å². The van der Waals surface area contributed by atoms with Crippen molar-refractivity contribution in [2.45, 2.75) is 19.6 Å². The van der Waals surface area contributed by atoms with Gasteiger partial charge in [0.25, 0.3) is 5.69 Å². The van der Waals surface area contributed by atoms with Crippen LogP contribution in [-0.4, -0.2) is 16.9 Å². The molecule has 0 aliphatic carbocycles. The van der Waals surface area contributed by atoms with E-state index in [2.05, 4.69) is 10.6 Å². The number of nitro benzene ring substituents is 1. The van der Waals surface area contributed by atoms with Crippen LogP contribution in [0, 0.1) is 10.1 Å². The summed E-state index contributed by atoms with van der Waals surface area (Å²) >= 11 is 0. The van der Waals surface area contributed by atoms with Crippen molar-refractivity contribution >= 4 is 23.0 Å². The molecule has 1 atom stereocenters. The highest BCUT2D eigenvalue weighted by atomic mass is 16.6. The lowest BCUT2D eigenvalue weighted by Crippen LogP contribution is -2.32. The fourth-order valence-corrected chi connectivity index (χ4v) is 2.68. The topological polar surface area (TPSA) is 93.5 Å². The summed E-state index contributed by atoms with van der Waals surface area (Å²) in [5.41, 5.74) is 1.84. The Hall–Kier alpha value is -3.87. The van der Waals surface area contributed by atoms with Crippen molar-refractivity contribution in [3.8, 4) is 5.75 Å². The Kier molecular flexibility index (Phi) is 6.42. The van der Waals surface area contributed by atoms with E-state index in [1.54, 1.807) is 19.1 Å². The van der Waals surface area contributed by atoms with E-state index in [-0.39, 0.29) is 17.3 Å². The molecule has 29 heavy (non-hydrogen) atoms. The second-order valence-electron chi connectivity index (χ2n) is 6.43. The molecule has 3 rings (SSSR count). The number of nitro groups is 1. The maximum Gasteiger partial charge on any atom is 0.292 e. The zero-order valence-electron chi connectivity index (χ0n) is 15.9. The van der Waals surface area contributed by atoms with Crippen molar-refractivity contribution in [1.82, 2.24) is 0 Å². The number of benzene rings is 3. The number of para-hydroxylation sites is 2. The van der Waals surface area contributed by atoms with Gasteiger partial charge in [-0.05, 0) is 42.8 Å². The predicted molar refractivity (Wildman–Crippen MR) is 112 cm³/mol. The van der Waals surface area contributed by atoms with Crippen LogP contribution in [0.4, 0.5) is 17.1 Å². The molecule has 148 valence electrons. The van der Waals surface area contributed by atoms with E-state index in [1.807, 2.05) is 54.6 Å². The molecule has 0 saturated heterocycles. The SMILES string of the molecule is C[C@@H](Nc1ccc(OCc2ccccc2)cc1)C(=O)Nc1ccccc1[N+](=O)[O-]. The Bertz CT molecular complexity index is 975. The van der Waals surface area contributed by atoms with Gasteiger partial charge in [-0.3, -0.25) is 14.9 Å².